The van der Waals surface area contributed by atoms with Crippen LogP contribution in [-0.4, -0.2) is 28.7 Å². The Labute approximate surface area is 151 Å². The molecule has 142 valence electrons. The molecule has 0 saturated heterocycles. The first-order chi connectivity index (χ1) is 12.6. The predicted octanol–water partition coefficient (Wildman–Crippen LogP) is 1.47. The summed E-state index contributed by atoms with van der Waals surface area (Å²) in [6, 6.07) is 5.43. The molecule has 2 aromatic rings. The molecule has 0 fully saturated rings. The number of hydroxylamine groups is 1. The molecule has 26 heavy (non-hydrogen) atoms. The average Bonchev–Trinajstić information content (AvgIpc) is 3.05. The van der Waals surface area contributed by atoms with Crippen molar-refractivity contribution in [2.24, 2.45) is 11.7 Å². The minimum absolute atomic E-state index is 0.0655. The van der Waals surface area contributed by atoms with Crippen LogP contribution in [0.4, 0.5) is 5.69 Å². The average molecular weight is 363 g/mol. The number of fused-ring (bicyclic) bond motifs is 1. The molecule has 9 heteroatoms. The molecule has 2 rings (SSSR count). The Bertz CT molecular complexity index is 746. The van der Waals surface area contributed by atoms with Crippen molar-refractivity contribution in [3.8, 4) is 0 Å². The van der Waals surface area contributed by atoms with Crippen molar-refractivity contribution in [1.82, 2.24) is 15.8 Å². The molecule has 0 spiro atoms. The molecular weight excluding hydrogens is 338 g/mol. The Morgan fingerprint density at radius 2 is 2.19 bits per heavy atom. The Hall–Kier alpha value is -2.65. The van der Waals surface area contributed by atoms with Crippen LogP contribution in [0, 0.1) is 5.92 Å². The number of aromatic nitrogens is 1. The summed E-state index contributed by atoms with van der Waals surface area (Å²) in [5.74, 6) is -0.983. The van der Waals surface area contributed by atoms with Gasteiger partial charge in [-0.05, 0) is 18.6 Å². The highest BCUT2D eigenvalue weighted by Gasteiger charge is 2.21. The van der Waals surface area contributed by atoms with E-state index in [1.54, 1.807) is 17.6 Å². The maximum Gasteiger partial charge on any atom is 0.244 e. The zero-order valence-electron chi connectivity index (χ0n) is 14.7. The van der Waals surface area contributed by atoms with Crippen molar-refractivity contribution in [2.45, 2.75) is 39.2 Å². The summed E-state index contributed by atoms with van der Waals surface area (Å²) in [5.41, 5.74) is 9.11. The second kappa shape index (κ2) is 9.73. The molecule has 6 N–H and O–H groups in total. The Morgan fingerprint density at radius 1 is 1.38 bits per heavy atom. The van der Waals surface area contributed by atoms with Crippen LogP contribution in [0.15, 0.2) is 22.6 Å². The van der Waals surface area contributed by atoms with Crippen molar-refractivity contribution >= 4 is 28.6 Å². The number of nitrogens with one attached hydrogen (secondary N) is 3. The molecule has 1 heterocycles. The molecule has 0 aliphatic heterocycles. The van der Waals surface area contributed by atoms with Gasteiger partial charge >= 0.3 is 0 Å². The fourth-order valence-corrected chi connectivity index (χ4v) is 2.63. The molecule has 1 atom stereocenters. The molecule has 0 aliphatic rings. The number of nitrogens with zero attached hydrogens (tertiary/aromatic N) is 1. The van der Waals surface area contributed by atoms with Gasteiger partial charge in [-0.2, -0.15) is 0 Å². The van der Waals surface area contributed by atoms with Crippen molar-refractivity contribution in [3.63, 3.8) is 0 Å². The van der Waals surface area contributed by atoms with E-state index in [1.165, 1.54) is 0 Å². The topological polar surface area (TPSA) is 143 Å². The first-order valence-corrected chi connectivity index (χ1v) is 8.61. The number of oxazole rings is 1. The highest BCUT2D eigenvalue weighted by atomic mass is 16.5. The lowest BCUT2D eigenvalue weighted by Crippen LogP contribution is -2.34. The van der Waals surface area contributed by atoms with Crippen molar-refractivity contribution in [3.05, 3.63) is 24.1 Å². The van der Waals surface area contributed by atoms with Crippen LogP contribution < -0.4 is 21.8 Å². The van der Waals surface area contributed by atoms with E-state index in [9.17, 15) is 9.59 Å². The first kappa shape index (κ1) is 19.7. The van der Waals surface area contributed by atoms with Gasteiger partial charge in [-0.25, -0.2) is 10.5 Å². The monoisotopic (exact) mass is 363 g/mol. The van der Waals surface area contributed by atoms with Gasteiger partial charge in [-0.3, -0.25) is 14.8 Å². The first-order valence-electron chi connectivity index (χ1n) is 8.61. The molecular formula is C17H25N5O4. The van der Waals surface area contributed by atoms with Gasteiger partial charge in [0.2, 0.25) is 17.7 Å². The largest absolute Gasteiger partial charge is 0.439 e. The van der Waals surface area contributed by atoms with Crippen LogP contribution in [0.5, 0.6) is 0 Å². The summed E-state index contributed by atoms with van der Waals surface area (Å²) in [7, 11) is 0. The summed E-state index contributed by atoms with van der Waals surface area (Å²) in [6.07, 6.45) is 2.23. The number of carbonyl (C=O) groups is 2. The highest BCUT2D eigenvalue weighted by molar-refractivity contribution is 5.85. The van der Waals surface area contributed by atoms with E-state index < -0.39 is 11.8 Å². The standard InChI is InChI=1S/C17H25N5O4/c1-2-3-4-11(7-15(23)22-25)17(24)19-9-16-21-13-6-5-12(20-10-18)8-14(13)26-16/h5-6,8,11,20,25H,2-4,7,9-10,18H2,1H3,(H,19,24)(H,22,23)/t11-/m1/s1. The van der Waals surface area contributed by atoms with E-state index >= 15 is 0 Å². The molecule has 0 aliphatic carbocycles. The predicted molar refractivity (Wildman–Crippen MR) is 96.1 cm³/mol. The van der Waals surface area contributed by atoms with Crippen LogP contribution in [-0.2, 0) is 16.1 Å². The second-order valence-electron chi connectivity index (χ2n) is 5.97. The Balaban J connectivity index is 1.99. The van der Waals surface area contributed by atoms with E-state index in [2.05, 4.69) is 15.6 Å². The fraction of sp³-hybridized carbons (Fsp3) is 0.471. The van der Waals surface area contributed by atoms with Gasteiger partial charge in [0.05, 0.1) is 13.2 Å². The molecule has 0 saturated carbocycles. The third-order valence-electron chi connectivity index (χ3n) is 3.99. The summed E-state index contributed by atoms with van der Waals surface area (Å²) >= 11 is 0. The van der Waals surface area contributed by atoms with Gasteiger partial charge in [0.25, 0.3) is 0 Å². The number of unbranched alkanes of at least 4 members (excludes halogenated alkanes) is 1. The quantitative estimate of drug-likeness (QED) is 0.244. The Morgan fingerprint density at radius 3 is 2.88 bits per heavy atom. The molecule has 0 bridgehead atoms. The number of hydrogen-bond acceptors (Lipinski definition) is 7. The van der Waals surface area contributed by atoms with E-state index in [1.807, 2.05) is 13.0 Å². The van der Waals surface area contributed by atoms with E-state index in [4.69, 9.17) is 15.4 Å². The van der Waals surface area contributed by atoms with E-state index in [-0.39, 0.29) is 18.9 Å². The number of hydrogen-bond donors (Lipinski definition) is 5. The van der Waals surface area contributed by atoms with Crippen LogP contribution in [0.1, 0.15) is 38.5 Å². The van der Waals surface area contributed by atoms with E-state index in [0.717, 1.165) is 18.5 Å². The SMILES string of the molecule is CCCC[C@H](CC(=O)NO)C(=O)NCc1nc2ccc(NCN)cc2o1. The zero-order chi connectivity index (χ0) is 18.9. The number of rotatable bonds is 10. The van der Waals surface area contributed by atoms with E-state index in [0.29, 0.717) is 30.1 Å². The minimum atomic E-state index is -0.581. The number of nitrogens with two attached hydrogens (primary N) is 1. The van der Waals surface area contributed by atoms with Gasteiger partial charge in [-0.15, -0.1) is 0 Å². The molecule has 1 aromatic carbocycles. The van der Waals surface area contributed by atoms with Crippen molar-refractivity contribution < 1.29 is 19.2 Å². The van der Waals surface area contributed by atoms with Crippen LogP contribution in [0.2, 0.25) is 0 Å². The fourth-order valence-electron chi connectivity index (χ4n) is 2.63. The van der Waals surface area contributed by atoms with Gasteiger partial charge in [0.15, 0.2) is 5.58 Å². The summed E-state index contributed by atoms with van der Waals surface area (Å²) < 4.78 is 5.64. The number of carbonyl (C=O) groups excluding carboxylic acids is 2. The molecule has 9 nitrogen and oxygen atoms in total. The zero-order valence-corrected chi connectivity index (χ0v) is 14.7. The highest BCUT2D eigenvalue weighted by Crippen LogP contribution is 2.20. The number of anilines is 1. The lowest BCUT2D eigenvalue weighted by Gasteiger charge is -2.14. The smallest absolute Gasteiger partial charge is 0.244 e. The molecule has 0 radical (unpaired) electrons. The second-order valence-corrected chi connectivity index (χ2v) is 5.97. The normalized spacial score (nSPS) is 12.0. The lowest BCUT2D eigenvalue weighted by molar-refractivity contribution is -0.135. The van der Waals surface area contributed by atoms with Crippen LogP contribution >= 0.6 is 0 Å². The van der Waals surface area contributed by atoms with Gasteiger partial charge in [0, 0.05) is 24.1 Å². The minimum Gasteiger partial charge on any atom is -0.439 e. The van der Waals surface area contributed by atoms with Gasteiger partial charge in [0.1, 0.15) is 5.52 Å². The number of amides is 2. The summed E-state index contributed by atoms with van der Waals surface area (Å²) in [6.45, 7) is 2.44. The maximum absolute atomic E-state index is 12.4. The van der Waals surface area contributed by atoms with Crippen LogP contribution in [0.25, 0.3) is 11.1 Å². The number of benzene rings is 1. The lowest BCUT2D eigenvalue weighted by atomic mass is 9.97. The third-order valence-corrected chi connectivity index (χ3v) is 3.99. The van der Waals surface area contributed by atoms with Crippen LogP contribution in [0.3, 0.4) is 0 Å². The van der Waals surface area contributed by atoms with Gasteiger partial charge in [-0.1, -0.05) is 19.8 Å². The molecule has 2 amide bonds. The summed E-state index contributed by atoms with van der Waals surface area (Å²) in [4.78, 5) is 28.1. The van der Waals surface area contributed by atoms with Gasteiger partial charge < -0.3 is 20.8 Å². The maximum atomic E-state index is 12.4. The summed E-state index contributed by atoms with van der Waals surface area (Å²) in [5, 5.41) is 14.4. The van der Waals surface area contributed by atoms with Crippen molar-refractivity contribution in [2.75, 3.05) is 12.0 Å². The Kier molecular flexibility index (Phi) is 7.37. The van der Waals surface area contributed by atoms with Crippen molar-refractivity contribution in [1.29, 1.82) is 0 Å². The molecule has 1 aromatic heterocycles. The third kappa shape index (κ3) is 5.43. The molecule has 0 unspecified atom stereocenters.